The fraction of sp³-hybridized carbons (Fsp3) is 0.172. The predicted molar refractivity (Wildman–Crippen MR) is 157 cm³/mol. The Balaban J connectivity index is 1.42. The second-order valence-electron chi connectivity index (χ2n) is 9.19. The summed E-state index contributed by atoms with van der Waals surface area (Å²) >= 11 is 0. The van der Waals surface area contributed by atoms with Gasteiger partial charge in [-0.2, -0.15) is 5.10 Å². The molecule has 4 N–H and O–H groups in total. The zero-order chi connectivity index (χ0) is 27.0. The van der Waals surface area contributed by atoms with Crippen LogP contribution in [-0.2, 0) is 0 Å². The largest absolute Gasteiger partial charge is 0.439 e. The van der Waals surface area contributed by atoms with E-state index in [1.54, 1.807) is 6.20 Å². The van der Waals surface area contributed by atoms with Crippen LogP contribution in [0.15, 0.2) is 60.9 Å². The number of ketones is 1. The van der Waals surface area contributed by atoms with Gasteiger partial charge in [-0.3, -0.25) is 4.79 Å². The van der Waals surface area contributed by atoms with Gasteiger partial charge < -0.3 is 20.2 Å². The lowest BCUT2D eigenvalue weighted by Gasteiger charge is -2.11. The summed E-state index contributed by atoms with van der Waals surface area (Å²) in [5.74, 6) is 1.24. The molecule has 3 heterocycles. The van der Waals surface area contributed by atoms with E-state index in [4.69, 9.17) is 10.5 Å². The third-order valence-corrected chi connectivity index (χ3v) is 7.73. The molecule has 194 valence electrons. The van der Waals surface area contributed by atoms with Gasteiger partial charge >= 0.3 is 0 Å². The average molecular weight is 527 g/mol. The Morgan fingerprint density at radius 3 is 2.61 bits per heavy atom. The van der Waals surface area contributed by atoms with Crippen molar-refractivity contribution >= 4 is 44.2 Å². The van der Waals surface area contributed by atoms with E-state index in [1.165, 1.54) is 10.9 Å². The summed E-state index contributed by atoms with van der Waals surface area (Å²) in [5, 5.41) is 7.49. The third-order valence-electron chi connectivity index (χ3n) is 6.48. The van der Waals surface area contributed by atoms with E-state index in [0.29, 0.717) is 22.8 Å². The minimum atomic E-state index is -0.223. The van der Waals surface area contributed by atoms with Crippen molar-refractivity contribution in [2.45, 2.75) is 27.7 Å². The number of anilines is 2. The second kappa shape index (κ2) is 10.2. The molecule has 5 aromatic rings. The molecule has 0 aliphatic rings. The van der Waals surface area contributed by atoms with Crippen molar-refractivity contribution in [2.24, 2.45) is 0 Å². The molecule has 8 nitrogen and oxygen atoms in total. The average Bonchev–Trinajstić information content (AvgIpc) is 3.48. The van der Waals surface area contributed by atoms with Crippen LogP contribution in [0, 0.1) is 20.8 Å². The van der Waals surface area contributed by atoms with Crippen molar-refractivity contribution in [1.82, 2.24) is 19.7 Å². The maximum atomic E-state index is 13.4. The first kappa shape index (κ1) is 25.3. The smallest absolute Gasteiger partial charge is 0.219 e. The van der Waals surface area contributed by atoms with Crippen LogP contribution in [0.1, 0.15) is 39.7 Å². The number of hydrogen-bond acceptors (Lipinski definition) is 6. The molecule has 0 bridgehead atoms. The molecule has 1 unspecified atom stereocenters. The number of aromatic amines is 1. The quantitative estimate of drug-likeness (QED) is 0.169. The van der Waals surface area contributed by atoms with Crippen LogP contribution in [0.4, 0.5) is 11.5 Å². The van der Waals surface area contributed by atoms with Crippen LogP contribution in [0.5, 0.6) is 11.6 Å². The number of para-hydroxylation sites is 1. The number of hydrogen-bond donors (Lipinski definition) is 3. The Morgan fingerprint density at radius 2 is 1.87 bits per heavy atom. The van der Waals surface area contributed by atoms with Crippen molar-refractivity contribution in [3.05, 3.63) is 88.9 Å². The van der Waals surface area contributed by atoms with Gasteiger partial charge in [0.1, 0.15) is 11.6 Å². The highest BCUT2D eigenvalue weighted by atomic mass is 32.2. The zero-order valence-electron chi connectivity index (χ0n) is 22.0. The second-order valence-corrected chi connectivity index (χ2v) is 11.0. The molecule has 2 aromatic carbocycles. The Bertz CT molecular complexity index is 1720. The van der Waals surface area contributed by atoms with E-state index in [2.05, 4.69) is 44.4 Å². The van der Waals surface area contributed by atoms with Gasteiger partial charge in [-0.1, -0.05) is 18.2 Å². The lowest BCUT2D eigenvalue weighted by atomic mass is 10.1. The van der Waals surface area contributed by atoms with Crippen molar-refractivity contribution in [1.29, 1.82) is 0 Å². The van der Waals surface area contributed by atoms with Gasteiger partial charge in [0.25, 0.3) is 0 Å². The highest BCUT2D eigenvalue weighted by Crippen LogP contribution is 2.30. The Labute approximate surface area is 223 Å². The maximum absolute atomic E-state index is 13.4. The summed E-state index contributed by atoms with van der Waals surface area (Å²) in [6, 6.07) is 15.6. The molecule has 0 spiro atoms. The summed E-state index contributed by atoms with van der Waals surface area (Å²) in [6.45, 7) is 7.99. The highest BCUT2D eigenvalue weighted by Gasteiger charge is 2.21. The number of ether oxygens (including phenoxy) is 1. The fourth-order valence-electron chi connectivity index (χ4n) is 4.21. The zero-order valence-corrected chi connectivity index (χ0v) is 22.8. The standard InChI is InChI=1S/C29H30N6O2S/c1-6-38(5)34-22-14-23-20(11-18(22)3)13-24(33-23)28(36)21-15-32-35(29(21)30)25-16-31-27(12-19(25)4)37-26-10-8-7-9-17(26)2/h6-16,33-34H,30H2,1-5H3. The summed E-state index contributed by atoms with van der Waals surface area (Å²) in [4.78, 5) is 21.1. The minimum absolute atomic E-state index is 0.0431. The lowest BCUT2D eigenvalue weighted by Crippen LogP contribution is -2.09. The van der Waals surface area contributed by atoms with E-state index < -0.39 is 0 Å². The SMILES string of the molecule is C/C=S(\C)Nc1cc2[nH]c(C(=O)c3cnn(-c4cnc(Oc5ccccc5C)cc4C)c3N)cc2cc1C. The van der Waals surface area contributed by atoms with Gasteiger partial charge in [-0.15, -0.1) is 10.7 Å². The van der Waals surface area contributed by atoms with E-state index >= 15 is 0 Å². The van der Waals surface area contributed by atoms with Crippen LogP contribution < -0.4 is 15.2 Å². The maximum Gasteiger partial charge on any atom is 0.219 e. The van der Waals surface area contributed by atoms with Crippen molar-refractivity contribution in [3.63, 3.8) is 0 Å². The Kier molecular flexibility index (Phi) is 6.77. The number of nitrogen functional groups attached to an aromatic ring is 1. The van der Waals surface area contributed by atoms with Crippen LogP contribution >= 0.6 is 10.7 Å². The third kappa shape index (κ3) is 4.80. The molecule has 9 heteroatoms. The number of aromatic nitrogens is 4. The number of nitrogens with zero attached hydrogens (tertiary/aromatic N) is 3. The van der Waals surface area contributed by atoms with Gasteiger partial charge in [-0.05, 0) is 80.3 Å². The van der Waals surface area contributed by atoms with E-state index in [1.807, 2.05) is 63.2 Å². The Hall–Kier alpha value is -4.37. The topological polar surface area (TPSA) is 111 Å². The van der Waals surface area contributed by atoms with Gasteiger partial charge in [-0.25, -0.2) is 9.67 Å². The molecule has 0 fully saturated rings. The normalized spacial score (nSPS) is 12.1. The number of fused-ring (bicyclic) bond motifs is 1. The summed E-state index contributed by atoms with van der Waals surface area (Å²) in [6.07, 6.45) is 5.27. The number of benzene rings is 2. The number of nitrogens with one attached hydrogen (secondary N) is 2. The highest BCUT2D eigenvalue weighted by molar-refractivity contribution is 8.15. The van der Waals surface area contributed by atoms with Crippen molar-refractivity contribution in [3.8, 4) is 17.3 Å². The fourth-order valence-corrected chi connectivity index (χ4v) is 4.90. The van der Waals surface area contributed by atoms with Crippen LogP contribution in [0.2, 0.25) is 0 Å². The first-order valence-corrected chi connectivity index (χ1v) is 13.9. The number of aryl methyl sites for hydroxylation is 3. The van der Waals surface area contributed by atoms with Crippen LogP contribution in [-0.4, -0.2) is 37.2 Å². The molecule has 5 rings (SSSR count). The van der Waals surface area contributed by atoms with E-state index in [9.17, 15) is 4.79 Å². The lowest BCUT2D eigenvalue weighted by molar-refractivity contribution is 0.103. The molecule has 38 heavy (non-hydrogen) atoms. The van der Waals surface area contributed by atoms with E-state index in [0.717, 1.165) is 39.0 Å². The summed E-state index contributed by atoms with van der Waals surface area (Å²) in [7, 11) is -0.0431. The number of nitrogens with two attached hydrogens (primary N) is 1. The number of rotatable bonds is 7. The molecule has 0 amide bonds. The Morgan fingerprint density at radius 1 is 1.08 bits per heavy atom. The van der Waals surface area contributed by atoms with Gasteiger partial charge in [0.2, 0.25) is 11.7 Å². The molecular formula is C29H30N6O2S. The molecule has 0 aliphatic carbocycles. The van der Waals surface area contributed by atoms with Crippen LogP contribution in [0.25, 0.3) is 16.6 Å². The molecule has 1 atom stereocenters. The summed E-state index contributed by atoms with van der Waals surface area (Å²) in [5.41, 5.74) is 12.8. The molecule has 3 aromatic heterocycles. The summed E-state index contributed by atoms with van der Waals surface area (Å²) < 4.78 is 11.0. The van der Waals surface area contributed by atoms with Crippen molar-refractivity contribution < 1.29 is 9.53 Å². The van der Waals surface area contributed by atoms with Gasteiger partial charge in [0.05, 0.1) is 29.3 Å². The minimum Gasteiger partial charge on any atom is -0.439 e. The number of carbonyl (C=O) groups excluding carboxylic acids is 1. The van der Waals surface area contributed by atoms with Gasteiger partial charge in [0, 0.05) is 22.7 Å². The molecule has 0 saturated carbocycles. The van der Waals surface area contributed by atoms with Crippen LogP contribution in [0.3, 0.4) is 0 Å². The van der Waals surface area contributed by atoms with Crippen molar-refractivity contribution in [2.75, 3.05) is 16.7 Å². The predicted octanol–water partition coefficient (Wildman–Crippen LogP) is 6.33. The first-order chi connectivity index (χ1) is 18.2. The monoisotopic (exact) mass is 526 g/mol. The first-order valence-electron chi connectivity index (χ1n) is 12.2. The number of pyridine rings is 1. The molecule has 0 radical (unpaired) electrons. The molecule has 0 saturated heterocycles. The van der Waals surface area contributed by atoms with Gasteiger partial charge in [0.15, 0.2) is 0 Å². The number of H-pyrrole nitrogens is 1. The molecule has 0 aliphatic heterocycles. The number of carbonyl (C=O) groups is 1. The van der Waals surface area contributed by atoms with E-state index in [-0.39, 0.29) is 22.3 Å². The molecular weight excluding hydrogens is 496 g/mol.